The predicted octanol–water partition coefficient (Wildman–Crippen LogP) is 5.86. The van der Waals surface area contributed by atoms with E-state index in [1.807, 2.05) is 79.8 Å². The van der Waals surface area contributed by atoms with Crippen LogP contribution in [0.4, 0.5) is 16.4 Å². The molecule has 2 amide bonds. The van der Waals surface area contributed by atoms with Crippen molar-refractivity contribution in [3.63, 3.8) is 0 Å². The number of para-hydroxylation sites is 1. The van der Waals surface area contributed by atoms with Crippen molar-refractivity contribution < 1.29 is 14.3 Å². The standard InChI is InChI=1S/C31H35BrN8O3/c1-19(2)38(7)27-15-20-21(24(35-27)17-37(6)30(42)43-31(3,4)5)16-39(29(20)41)26-14-10-12-23(34-26)28-36-33-18-40(28)25-13-9-8-11-22(25)32/h8-15,18-19H,16-17H2,1-7H3. The van der Waals surface area contributed by atoms with Gasteiger partial charge in [-0.3, -0.25) is 14.3 Å². The normalized spacial score (nSPS) is 13.0. The zero-order chi connectivity index (χ0) is 31.1. The Morgan fingerprint density at radius 2 is 1.84 bits per heavy atom. The summed E-state index contributed by atoms with van der Waals surface area (Å²) in [5.74, 6) is 1.49. The fourth-order valence-electron chi connectivity index (χ4n) is 4.67. The van der Waals surface area contributed by atoms with Crippen LogP contribution in [-0.2, 0) is 17.8 Å². The molecule has 43 heavy (non-hydrogen) atoms. The topological polar surface area (TPSA) is 110 Å². The maximum atomic E-state index is 13.9. The molecule has 0 saturated heterocycles. The van der Waals surface area contributed by atoms with E-state index in [0.29, 0.717) is 34.4 Å². The third-order valence-electron chi connectivity index (χ3n) is 7.12. The highest BCUT2D eigenvalue weighted by Crippen LogP contribution is 2.34. The molecule has 0 unspecified atom stereocenters. The third-order valence-corrected chi connectivity index (χ3v) is 7.79. The Labute approximate surface area is 259 Å². The molecular formula is C31H35BrN8O3. The van der Waals surface area contributed by atoms with Crippen molar-refractivity contribution >= 4 is 39.6 Å². The monoisotopic (exact) mass is 646 g/mol. The van der Waals surface area contributed by atoms with E-state index in [2.05, 4.69) is 40.0 Å². The van der Waals surface area contributed by atoms with E-state index in [9.17, 15) is 9.59 Å². The zero-order valence-electron chi connectivity index (χ0n) is 25.4. The number of carbonyl (C=O) groups excluding carboxylic acids is 2. The maximum absolute atomic E-state index is 13.9. The lowest BCUT2D eigenvalue weighted by atomic mass is 10.1. The van der Waals surface area contributed by atoms with Crippen molar-refractivity contribution in [2.24, 2.45) is 0 Å². The van der Waals surface area contributed by atoms with Crippen LogP contribution in [0.5, 0.6) is 0 Å². The van der Waals surface area contributed by atoms with Gasteiger partial charge < -0.3 is 14.5 Å². The summed E-state index contributed by atoms with van der Waals surface area (Å²) in [4.78, 5) is 41.6. The molecule has 0 atom stereocenters. The lowest BCUT2D eigenvalue weighted by Gasteiger charge is -2.26. The minimum absolute atomic E-state index is 0.148. The predicted molar refractivity (Wildman–Crippen MR) is 168 cm³/mol. The highest BCUT2D eigenvalue weighted by molar-refractivity contribution is 9.10. The van der Waals surface area contributed by atoms with Crippen LogP contribution in [-0.4, -0.2) is 67.4 Å². The van der Waals surface area contributed by atoms with E-state index in [0.717, 1.165) is 15.7 Å². The lowest BCUT2D eigenvalue weighted by Crippen LogP contribution is -2.34. The van der Waals surface area contributed by atoms with Gasteiger partial charge in [0.15, 0.2) is 5.82 Å². The molecule has 0 radical (unpaired) electrons. The number of nitrogens with zero attached hydrogens (tertiary/aromatic N) is 8. The van der Waals surface area contributed by atoms with Crippen molar-refractivity contribution in [1.29, 1.82) is 0 Å². The SMILES string of the molecule is CC(C)N(C)c1cc2c(c(CN(C)C(=O)OC(C)(C)C)n1)CN(c1cccc(-c3nncn3-c3ccccc3Br)n1)C2=O. The van der Waals surface area contributed by atoms with Gasteiger partial charge in [-0.1, -0.05) is 18.2 Å². The molecule has 4 aromatic rings. The molecule has 11 nitrogen and oxygen atoms in total. The zero-order valence-corrected chi connectivity index (χ0v) is 27.0. The van der Waals surface area contributed by atoms with Gasteiger partial charge >= 0.3 is 6.09 Å². The number of ether oxygens (including phenoxy) is 1. The fraction of sp³-hybridized carbons (Fsp3) is 0.355. The Kier molecular flexibility index (Phi) is 8.24. The molecule has 3 aromatic heterocycles. The van der Waals surface area contributed by atoms with Gasteiger partial charge in [-0.15, -0.1) is 10.2 Å². The van der Waals surface area contributed by atoms with E-state index in [-0.39, 0.29) is 25.0 Å². The smallest absolute Gasteiger partial charge is 0.410 e. The Bertz CT molecular complexity index is 1680. The molecule has 5 rings (SSSR count). The highest BCUT2D eigenvalue weighted by atomic mass is 79.9. The Morgan fingerprint density at radius 1 is 1.09 bits per heavy atom. The third kappa shape index (κ3) is 6.24. The van der Waals surface area contributed by atoms with Crippen LogP contribution in [0.25, 0.3) is 17.2 Å². The van der Waals surface area contributed by atoms with E-state index in [1.54, 1.807) is 24.3 Å². The number of amides is 2. The minimum atomic E-state index is -0.634. The molecular weight excluding hydrogens is 612 g/mol. The first-order valence-electron chi connectivity index (χ1n) is 14.0. The minimum Gasteiger partial charge on any atom is -0.444 e. The van der Waals surface area contributed by atoms with Gasteiger partial charge in [0.05, 0.1) is 30.0 Å². The number of carbonyl (C=O) groups is 2. The molecule has 1 aliphatic rings. The molecule has 0 fully saturated rings. The Balaban J connectivity index is 1.50. The molecule has 0 aliphatic carbocycles. The summed E-state index contributed by atoms with van der Waals surface area (Å²) in [5, 5.41) is 8.45. The second-order valence-electron chi connectivity index (χ2n) is 11.7. The first-order chi connectivity index (χ1) is 20.3. The summed E-state index contributed by atoms with van der Waals surface area (Å²) in [6.45, 7) is 10.0. The number of aromatic nitrogens is 5. The van der Waals surface area contributed by atoms with E-state index >= 15 is 0 Å². The second kappa shape index (κ2) is 11.8. The molecule has 1 aromatic carbocycles. The van der Waals surface area contributed by atoms with Gasteiger partial charge in [0.25, 0.3) is 5.91 Å². The summed E-state index contributed by atoms with van der Waals surface area (Å²) in [6, 6.07) is 15.2. The summed E-state index contributed by atoms with van der Waals surface area (Å²) < 4.78 is 8.29. The molecule has 224 valence electrons. The van der Waals surface area contributed by atoms with Crippen molar-refractivity contribution in [3.8, 4) is 17.2 Å². The molecule has 12 heteroatoms. The first-order valence-corrected chi connectivity index (χ1v) is 14.8. The van der Waals surface area contributed by atoms with Crippen molar-refractivity contribution in [3.05, 3.63) is 76.2 Å². The molecule has 4 heterocycles. The summed E-state index contributed by atoms with van der Waals surface area (Å²) in [5.41, 5.74) is 2.72. The average Bonchev–Trinajstić information content (AvgIpc) is 3.57. The Morgan fingerprint density at radius 3 is 2.53 bits per heavy atom. The van der Waals surface area contributed by atoms with E-state index in [4.69, 9.17) is 14.7 Å². The number of halogens is 1. The number of pyridine rings is 2. The van der Waals surface area contributed by atoms with Crippen molar-refractivity contribution in [1.82, 2.24) is 29.6 Å². The van der Waals surface area contributed by atoms with Crippen LogP contribution in [0.15, 0.2) is 59.3 Å². The van der Waals surface area contributed by atoms with Gasteiger partial charge in [-0.2, -0.15) is 0 Å². The molecule has 0 N–H and O–H groups in total. The first kappa shape index (κ1) is 30.1. The van der Waals surface area contributed by atoms with Crippen LogP contribution in [0.3, 0.4) is 0 Å². The van der Waals surface area contributed by atoms with Crippen LogP contribution >= 0.6 is 15.9 Å². The van der Waals surface area contributed by atoms with Crippen LogP contribution in [0.1, 0.15) is 56.2 Å². The van der Waals surface area contributed by atoms with Gasteiger partial charge in [0, 0.05) is 30.2 Å². The lowest BCUT2D eigenvalue weighted by molar-refractivity contribution is 0.0282. The summed E-state index contributed by atoms with van der Waals surface area (Å²) >= 11 is 3.60. The van der Waals surface area contributed by atoms with Gasteiger partial charge in [-0.25, -0.2) is 14.8 Å². The van der Waals surface area contributed by atoms with Crippen molar-refractivity contribution in [2.75, 3.05) is 23.9 Å². The van der Waals surface area contributed by atoms with E-state index < -0.39 is 11.7 Å². The quantitative estimate of drug-likeness (QED) is 0.246. The molecule has 0 bridgehead atoms. The van der Waals surface area contributed by atoms with Crippen LogP contribution < -0.4 is 9.80 Å². The van der Waals surface area contributed by atoms with Crippen molar-refractivity contribution in [2.45, 2.75) is 59.4 Å². The molecule has 0 saturated carbocycles. The fourth-order valence-corrected chi connectivity index (χ4v) is 5.15. The van der Waals surface area contributed by atoms with Crippen LogP contribution in [0, 0.1) is 0 Å². The number of rotatable bonds is 7. The van der Waals surface area contributed by atoms with E-state index in [1.165, 1.54) is 4.90 Å². The largest absolute Gasteiger partial charge is 0.444 e. The number of hydrogen-bond donors (Lipinski definition) is 0. The number of anilines is 2. The second-order valence-corrected chi connectivity index (χ2v) is 12.6. The maximum Gasteiger partial charge on any atom is 0.410 e. The average molecular weight is 648 g/mol. The summed E-state index contributed by atoms with van der Waals surface area (Å²) in [6.07, 6.45) is 1.17. The number of fused-ring (bicyclic) bond motifs is 1. The van der Waals surface area contributed by atoms with Gasteiger partial charge in [0.1, 0.15) is 29.3 Å². The van der Waals surface area contributed by atoms with Gasteiger partial charge in [0.2, 0.25) is 0 Å². The highest BCUT2D eigenvalue weighted by Gasteiger charge is 2.34. The molecule has 1 aliphatic heterocycles. The van der Waals surface area contributed by atoms with Crippen LogP contribution in [0.2, 0.25) is 0 Å². The summed E-state index contributed by atoms with van der Waals surface area (Å²) in [7, 11) is 3.60. The molecule has 0 spiro atoms. The Hall–Kier alpha value is -4.32. The number of benzene rings is 1. The van der Waals surface area contributed by atoms with Gasteiger partial charge in [-0.05, 0) is 80.9 Å². The number of hydrogen-bond acceptors (Lipinski definition) is 8.